The summed E-state index contributed by atoms with van der Waals surface area (Å²) in [7, 11) is 1.76. The molecule has 0 amide bonds. The van der Waals surface area contributed by atoms with Gasteiger partial charge < -0.3 is 10.2 Å². The van der Waals surface area contributed by atoms with Crippen molar-refractivity contribution in [3.8, 4) is 0 Å². The van der Waals surface area contributed by atoms with Gasteiger partial charge in [0.1, 0.15) is 0 Å². The first-order valence-corrected chi connectivity index (χ1v) is 7.48. The van der Waals surface area contributed by atoms with Crippen molar-refractivity contribution in [1.29, 1.82) is 0 Å². The van der Waals surface area contributed by atoms with E-state index < -0.39 is 4.92 Å². The number of nitrogens with zero attached hydrogens (tertiary/aromatic N) is 3. The number of para-hydroxylation sites is 1. The van der Waals surface area contributed by atoms with Crippen LogP contribution in [0.2, 0.25) is 0 Å². The summed E-state index contributed by atoms with van der Waals surface area (Å²) in [6.45, 7) is 1.47. The summed E-state index contributed by atoms with van der Waals surface area (Å²) < 4.78 is 0. The van der Waals surface area contributed by atoms with Crippen molar-refractivity contribution in [2.45, 2.75) is 13.0 Å². The number of nitro groups is 1. The molecule has 0 atom stereocenters. The third-order valence-corrected chi connectivity index (χ3v) is 3.95. The number of rotatable bonds is 3. The van der Waals surface area contributed by atoms with Crippen LogP contribution in [0, 0.1) is 10.1 Å². The van der Waals surface area contributed by atoms with Crippen LogP contribution in [0.1, 0.15) is 11.1 Å². The fraction of sp³-hybridized carbons (Fsp3) is 0.235. The van der Waals surface area contributed by atoms with Crippen LogP contribution in [0.15, 0.2) is 53.5 Å². The largest absolute Gasteiger partial charge is 0.352 e. The molecule has 1 heterocycles. The molecule has 2 aromatic carbocycles. The van der Waals surface area contributed by atoms with Crippen LogP contribution in [0.5, 0.6) is 0 Å². The van der Waals surface area contributed by atoms with E-state index in [0.717, 1.165) is 24.5 Å². The SMILES string of the molecule is CN=C(NCc1ccc([N+](=O)[O-])cc1)N1CCc2ccccc21. The van der Waals surface area contributed by atoms with E-state index in [9.17, 15) is 10.1 Å². The molecule has 3 rings (SSSR count). The molecular formula is C17H18N4O2. The molecule has 0 unspecified atom stereocenters. The van der Waals surface area contributed by atoms with Gasteiger partial charge in [-0.15, -0.1) is 0 Å². The normalized spacial score (nSPS) is 13.8. The Labute approximate surface area is 134 Å². The monoisotopic (exact) mass is 310 g/mol. The van der Waals surface area contributed by atoms with Crippen LogP contribution < -0.4 is 10.2 Å². The molecule has 23 heavy (non-hydrogen) atoms. The number of guanidine groups is 1. The van der Waals surface area contributed by atoms with Gasteiger partial charge in [-0.25, -0.2) is 0 Å². The lowest BCUT2D eigenvalue weighted by Crippen LogP contribution is -2.40. The van der Waals surface area contributed by atoms with Crippen molar-refractivity contribution < 1.29 is 4.92 Å². The number of hydrogen-bond acceptors (Lipinski definition) is 3. The molecule has 0 saturated heterocycles. The zero-order valence-electron chi connectivity index (χ0n) is 12.9. The first-order valence-electron chi connectivity index (χ1n) is 7.48. The fourth-order valence-corrected chi connectivity index (χ4v) is 2.77. The van der Waals surface area contributed by atoms with Crippen molar-refractivity contribution in [3.63, 3.8) is 0 Å². The number of benzene rings is 2. The smallest absolute Gasteiger partial charge is 0.269 e. The van der Waals surface area contributed by atoms with Crippen LogP contribution in [-0.2, 0) is 13.0 Å². The maximum Gasteiger partial charge on any atom is 0.269 e. The summed E-state index contributed by atoms with van der Waals surface area (Å²) in [6.07, 6.45) is 1.01. The standard InChI is InChI=1S/C17H18N4O2/c1-18-17(20-11-10-14-4-2-3-5-16(14)20)19-12-13-6-8-15(9-7-13)21(22)23/h2-9H,10-12H2,1H3,(H,18,19). The summed E-state index contributed by atoms with van der Waals surface area (Å²) in [5.41, 5.74) is 3.59. The summed E-state index contributed by atoms with van der Waals surface area (Å²) in [4.78, 5) is 16.8. The summed E-state index contributed by atoms with van der Waals surface area (Å²) in [6, 6.07) is 14.9. The average Bonchev–Trinajstić information content (AvgIpc) is 3.00. The maximum absolute atomic E-state index is 10.7. The topological polar surface area (TPSA) is 70.8 Å². The Morgan fingerprint density at radius 2 is 2.00 bits per heavy atom. The number of nitrogens with one attached hydrogen (secondary N) is 1. The second kappa shape index (κ2) is 6.48. The molecule has 0 saturated carbocycles. The third-order valence-electron chi connectivity index (χ3n) is 3.95. The lowest BCUT2D eigenvalue weighted by Gasteiger charge is -2.22. The van der Waals surface area contributed by atoms with Gasteiger partial charge in [0, 0.05) is 38.0 Å². The molecule has 1 aliphatic rings. The van der Waals surface area contributed by atoms with Gasteiger partial charge in [-0.2, -0.15) is 0 Å². The van der Waals surface area contributed by atoms with Crippen LogP contribution >= 0.6 is 0 Å². The predicted molar refractivity (Wildman–Crippen MR) is 90.8 cm³/mol. The molecule has 0 aliphatic carbocycles. The molecule has 0 bridgehead atoms. The first kappa shape index (κ1) is 15.0. The Morgan fingerprint density at radius 3 is 2.70 bits per heavy atom. The second-order valence-electron chi connectivity index (χ2n) is 5.35. The van der Waals surface area contributed by atoms with Gasteiger partial charge in [0.25, 0.3) is 5.69 Å². The molecule has 1 aliphatic heterocycles. The number of non-ortho nitro benzene ring substituents is 1. The average molecular weight is 310 g/mol. The van der Waals surface area contributed by atoms with Gasteiger partial charge in [-0.3, -0.25) is 15.1 Å². The Balaban J connectivity index is 1.68. The lowest BCUT2D eigenvalue weighted by molar-refractivity contribution is -0.384. The van der Waals surface area contributed by atoms with Gasteiger partial charge in [-0.05, 0) is 23.6 Å². The van der Waals surface area contributed by atoms with Crippen molar-refractivity contribution in [2.24, 2.45) is 4.99 Å². The lowest BCUT2D eigenvalue weighted by atomic mass is 10.2. The number of anilines is 1. The van der Waals surface area contributed by atoms with Crippen molar-refractivity contribution in [2.75, 3.05) is 18.5 Å². The quantitative estimate of drug-likeness (QED) is 0.409. The van der Waals surface area contributed by atoms with Crippen LogP contribution in [0.3, 0.4) is 0 Å². The molecule has 0 radical (unpaired) electrons. The highest BCUT2D eigenvalue weighted by molar-refractivity contribution is 5.97. The highest BCUT2D eigenvalue weighted by Gasteiger charge is 2.22. The van der Waals surface area contributed by atoms with E-state index in [1.807, 2.05) is 6.07 Å². The van der Waals surface area contributed by atoms with Gasteiger partial charge in [-0.1, -0.05) is 30.3 Å². The summed E-state index contributed by atoms with van der Waals surface area (Å²) in [5, 5.41) is 14.0. The zero-order valence-corrected chi connectivity index (χ0v) is 12.9. The van der Waals surface area contributed by atoms with Crippen molar-refractivity contribution >= 4 is 17.3 Å². The van der Waals surface area contributed by atoms with Crippen LogP contribution in [0.25, 0.3) is 0 Å². The Bertz CT molecular complexity index is 741. The molecule has 118 valence electrons. The molecule has 1 N–H and O–H groups in total. The number of aliphatic imine (C=N–C) groups is 1. The summed E-state index contributed by atoms with van der Waals surface area (Å²) in [5.74, 6) is 0.813. The zero-order chi connectivity index (χ0) is 16.2. The molecule has 0 spiro atoms. The maximum atomic E-state index is 10.7. The highest BCUT2D eigenvalue weighted by Crippen LogP contribution is 2.27. The first-order chi connectivity index (χ1) is 11.2. The van der Waals surface area contributed by atoms with Crippen LogP contribution in [0.4, 0.5) is 11.4 Å². The molecule has 2 aromatic rings. The Hall–Kier alpha value is -2.89. The number of hydrogen-bond donors (Lipinski definition) is 1. The van der Waals surface area contributed by atoms with Gasteiger partial charge >= 0.3 is 0 Å². The molecule has 0 fully saturated rings. The van der Waals surface area contributed by atoms with E-state index in [4.69, 9.17) is 0 Å². The Kier molecular flexibility index (Phi) is 4.23. The Morgan fingerprint density at radius 1 is 1.26 bits per heavy atom. The minimum Gasteiger partial charge on any atom is -0.352 e. The predicted octanol–water partition coefficient (Wildman–Crippen LogP) is 2.73. The minimum atomic E-state index is -0.392. The molecule has 6 heteroatoms. The summed E-state index contributed by atoms with van der Waals surface area (Å²) >= 11 is 0. The third kappa shape index (κ3) is 3.15. The van der Waals surface area contributed by atoms with E-state index >= 15 is 0 Å². The molecule has 6 nitrogen and oxygen atoms in total. The second-order valence-corrected chi connectivity index (χ2v) is 5.35. The van der Waals surface area contributed by atoms with E-state index in [0.29, 0.717) is 6.54 Å². The van der Waals surface area contributed by atoms with Crippen molar-refractivity contribution in [3.05, 3.63) is 69.8 Å². The van der Waals surface area contributed by atoms with Gasteiger partial charge in [0.15, 0.2) is 5.96 Å². The van der Waals surface area contributed by atoms with Gasteiger partial charge in [0.2, 0.25) is 0 Å². The fourth-order valence-electron chi connectivity index (χ4n) is 2.77. The van der Waals surface area contributed by atoms with Crippen molar-refractivity contribution in [1.82, 2.24) is 5.32 Å². The van der Waals surface area contributed by atoms with E-state index in [1.54, 1.807) is 19.2 Å². The highest BCUT2D eigenvalue weighted by atomic mass is 16.6. The van der Waals surface area contributed by atoms with E-state index in [2.05, 4.69) is 33.4 Å². The van der Waals surface area contributed by atoms with E-state index in [-0.39, 0.29) is 5.69 Å². The van der Waals surface area contributed by atoms with Gasteiger partial charge in [0.05, 0.1) is 4.92 Å². The van der Waals surface area contributed by atoms with Crippen LogP contribution in [-0.4, -0.2) is 24.5 Å². The molecule has 0 aromatic heterocycles. The number of fused-ring (bicyclic) bond motifs is 1. The van der Waals surface area contributed by atoms with E-state index in [1.165, 1.54) is 23.4 Å². The molecular weight excluding hydrogens is 292 g/mol. The minimum absolute atomic E-state index is 0.103. The number of nitro benzene ring substituents is 1.